The van der Waals surface area contributed by atoms with Gasteiger partial charge in [0.1, 0.15) is 0 Å². The van der Waals surface area contributed by atoms with Crippen molar-refractivity contribution in [2.45, 2.75) is 38.3 Å². The number of nitrogens with one attached hydrogen (secondary N) is 2. The average molecular weight is 243 g/mol. The molecule has 1 aromatic heterocycles. The number of nitrogens with zero attached hydrogens (tertiary/aromatic N) is 3. The van der Waals surface area contributed by atoms with Crippen molar-refractivity contribution in [2.24, 2.45) is 0 Å². The number of H-pyrrole nitrogens is 1. The molecule has 2 aromatic rings. The first kappa shape index (κ1) is 11.3. The number of tetrazole rings is 1. The highest BCUT2D eigenvalue weighted by Gasteiger charge is 2.21. The Morgan fingerprint density at radius 1 is 1.33 bits per heavy atom. The molecule has 0 spiro atoms. The summed E-state index contributed by atoms with van der Waals surface area (Å²) in [6, 6.07) is 9.32. The molecule has 5 nitrogen and oxygen atoms in total. The number of hydrogen-bond acceptors (Lipinski definition) is 4. The molecule has 0 fully saturated rings. The predicted octanol–water partition coefficient (Wildman–Crippen LogP) is 1.41. The van der Waals surface area contributed by atoms with Gasteiger partial charge < -0.3 is 5.32 Å². The van der Waals surface area contributed by atoms with Crippen LogP contribution in [0.5, 0.6) is 0 Å². The Labute approximate surface area is 106 Å². The van der Waals surface area contributed by atoms with E-state index >= 15 is 0 Å². The molecule has 3 rings (SSSR count). The lowest BCUT2D eigenvalue weighted by atomic mass is 9.88. The number of rotatable bonds is 3. The lowest BCUT2D eigenvalue weighted by Crippen LogP contribution is -2.36. The van der Waals surface area contributed by atoms with E-state index in [1.165, 1.54) is 17.5 Å². The largest absolute Gasteiger partial charge is 0.304 e. The van der Waals surface area contributed by atoms with Gasteiger partial charge in [0.2, 0.25) is 0 Å². The van der Waals surface area contributed by atoms with Gasteiger partial charge in [-0.1, -0.05) is 29.5 Å². The Bertz CT molecular complexity index is 508. The fraction of sp³-hybridized carbons (Fsp3) is 0.462. The number of aryl methyl sites for hydroxylation is 1. The number of aromatic amines is 1. The Hall–Kier alpha value is -1.75. The maximum absolute atomic E-state index is 4.02. The molecule has 94 valence electrons. The summed E-state index contributed by atoms with van der Waals surface area (Å²) in [6.07, 6.45) is 3.39. The molecule has 18 heavy (non-hydrogen) atoms. The van der Waals surface area contributed by atoms with Crippen LogP contribution in [0.1, 0.15) is 36.3 Å². The Morgan fingerprint density at radius 3 is 2.94 bits per heavy atom. The van der Waals surface area contributed by atoms with Gasteiger partial charge in [0.15, 0.2) is 5.82 Å². The SMILES string of the molecule is CC(NC1CCc2ccccc2C1)c1nn[nH]n1. The van der Waals surface area contributed by atoms with Gasteiger partial charge in [-0.2, -0.15) is 5.21 Å². The summed E-state index contributed by atoms with van der Waals surface area (Å²) >= 11 is 0. The number of benzene rings is 1. The van der Waals surface area contributed by atoms with Crippen molar-refractivity contribution in [3.8, 4) is 0 Å². The highest BCUT2D eigenvalue weighted by Crippen LogP contribution is 2.22. The first-order valence-electron chi connectivity index (χ1n) is 6.39. The molecule has 0 saturated heterocycles. The average Bonchev–Trinajstić information content (AvgIpc) is 2.92. The summed E-state index contributed by atoms with van der Waals surface area (Å²) in [7, 11) is 0. The van der Waals surface area contributed by atoms with E-state index in [1.807, 2.05) is 0 Å². The minimum Gasteiger partial charge on any atom is -0.304 e. The molecule has 1 aliphatic rings. The molecule has 0 aliphatic heterocycles. The molecule has 1 aromatic carbocycles. The van der Waals surface area contributed by atoms with Crippen LogP contribution >= 0.6 is 0 Å². The zero-order chi connectivity index (χ0) is 12.4. The molecule has 2 unspecified atom stereocenters. The molecule has 2 N–H and O–H groups in total. The zero-order valence-electron chi connectivity index (χ0n) is 10.4. The molecular formula is C13H17N5. The van der Waals surface area contributed by atoms with Crippen molar-refractivity contribution < 1.29 is 0 Å². The van der Waals surface area contributed by atoms with Gasteiger partial charge in [-0.05, 0) is 37.3 Å². The third kappa shape index (κ3) is 2.26. The van der Waals surface area contributed by atoms with Crippen molar-refractivity contribution >= 4 is 0 Å². The van der Waals surface area contributed by atoms with E-state index in [0.29, 0.717) is 6.04 Å². The summed E-state index contributed by atoms with van der Waals surface area (Å²) < 4.78 is 0. The lowest BCUT2D eigenvalue weighted by Gasteiger charge is -2.27. The van der Waals surface area contributed by atoms with E-state index in [-0.39, 0.29) is 6.04 Å². The number of aromatic nitrogens is 4. The smallest absolute Gasteiger partial charge is 0.191 e. The van der Waals surface area contributed by atoms with Crippen LogP contribution in [0, 0.1) is 0 Å². The second kappa shape index (κ2) is 4.86. The van der Waals surface area contributed by atoms with Crippen LogP contribution in [0.3, 0.4) is 0 Å². The van der Waals surface area contributed by atoms with Gasteiger partial charge in [-0.25, -0.2) is 0 Å². The highest BCUT2D eigenvalue weighted by molar-refractivity contribution is 5.30. The van der Waals surface area contributed by atoms with E-state index in [2.05, 4.69) is 57.1 Å². The van der Waals surface area contributed by atoms with E-state index in [4.69, 9.17) is 0 Å². The molecule has 1 aliphatic carbocycles. The van der Waals surface area contributed by atoms with E-state index < -0.39 is 0 Å². The van der Waals surface area contributed by atoms with Gasteiger partial charge in [0, 0.05) is 6.04 Å². The molecule has 1 heterocycles. The normalized spacial score (nSPS) is 20.4. The van der Waals surface area contributed by atoms with Crippen molar-refractivity contribution in [3.63, 3.8) is 0 Å². The third-order valence-electron chi connectivity index (χ3n) is 3.58. The Morgan fingerprint density at radius 2 is 2.17 bits per heavy atom. The van der Waals surface area contributed by atoms with Crippen molar-refractivity contribution in [2.75, 3.05) is 0 Å². The number of hydrogen-bond donors (Lipinski definition) is 2. The zero-order valence-corrected chi connectivity index (χ0v) is 10.4. The number of fused-ring (bicyclic) bond motifs is 1. The first-order valence-corrected chi connectivity index (χ1v) is 6.39. The van der Waals surface area contributed by atoms with Gasteiger partial charge in [-0.15, -0.1) is 10.2 Å². The summed E-state index contributed by atoms with van der Waals surface area (Å²) in [4.78, 5) is 0. The fourth-order valence-electron chi connectivity index (χ4n) is 2.62. The van der Waals surface area contributed by atoms with Gasteiger partial charge in [-0.3, -0.25) is 0 Å². The van der Waals surface area contributed by atoms with Crippen LogP contribution in [-0.2, 0) is 12.8 Å². The second-order valence-electron chi connectivity index (χ2n) is 4.87. The minimum atomic E-state index is 0.138. The van der Waals surface area contributed by atoms with Gasteiger partial charge in [0.05, 0.1) is 6.04 Å². The molecule has 2 atom stereocenters. The van der Waals surface area contributed by atoms with E-state index in [1.54, 1.807) is 0 Å². The van der Waals surface area contributed by atoms with Crippen LogP contribution in [0.4, 0.5) is 0 Å². The van der Waals surface area contributed by atoms with Crippen LogP contribution in [0.15, 0.2) is 24.3 Å². The maximum Gasteiger partial charge on any atom is 0.191 e. The van der Waals surface area contributed by atoms with Gasteiger partial charge >= 0.3 is 0 Å². The van der Waals surface area contributed by atoms with Crippen molar-refractivity contribution in [1.29, 1.82) is 0 Å². The highest BCUT2D eigenvalue weighted by atomic mass is 15.5. The Kier molecular flexibility index (Phi) is 3.06. The second-order valence-corrected chi connectivity index (χ2v) is 4.87. The summed E-state index contributed by atoms with van der Waals surface area (Å²) in [5.74, 6) is 0.730. The Balaban J connectivity index is 1.66. The first-order chi connectivity index (χ1) is 8.83. The molecule has 0 bridgehead atoms. The van der Waals surface area contributed by atoms with Crippen LogP contribution in [0.25, 0.3) is 0 Å². The van der Waals surface area contributed by atoms with Crippen molar-refractivity contribution in [1.82, 2.24) is 25.9 Å². The molecule has 0 amide bonds. The summed E-state index contributed by atoms with van der Waals surface area (Å²) in [6.45, 7) is 2.07. The summed E-state index contributed by atoms with van der Waals surface area (Å²) in [5.41, 5.74) is 2.95. The molecule has 0 radical (unpaired) electrons. The standard InChI is InChI=1S/C13H17N5/c1-9(13-15-17-18-16-13)14-12-7-6-10-4-2-3-5-11(10)8-12/h2-5,9,12,14H,6-8H2,1H3,(H,15,16,17,18). The van der Waals surface area contributed by atoms with E-state index in [0.717, 1.165) is 18.7 Å². The van der Waals surface area contributed by atoms with Crippen LogP contribution in [-0.4, -0.2) is 26.7 Å². The quantitative estimate of drug-likeness (QED) is 0.855. The molecular weight excluding hydrogens is 226 g/mol. The van der Waals surface area contributed by atoms with Crippen molar-refractivity contribution in [3.05, 3.63) is 41.2 Å². The molecule has 5 heteroatoms. The predicted molar refractivity (Wildman–Crippen MR) is 68.0 cm³/mol. The monoisotopic (exact) mass is 243 g/mol. The topological polar surface area (TPSA) is 66.5 Å². The van der Waals surface area contributed by atoms with Crippen LogP contribution in [0.2, 0.25) is 0 Å². The lowest BCUT2D eigenvalue weighted by molar-refractivity contribution is 0.404. The van der Waals surface area contributed by atoms with Gasteiger partial charge in [0.25, 0.3) is 0 Å². The minimum absolute atomic E-state index is 0.138. The molecule has 0 saturated carbocycles. The van der Waals surface area contributed by atoms with Crippen LogP contribution < -0.4 is 5.32 Å². The summed E-state index contributed by atoms with van der Waals surface area (Å²) in [5, 5.41) is 17.7. The fourth-order valence-corrected chi connectivity index (χ4v) is 2.62. The third-order valence-corrected chi connectivity index (χ3v) is 3.58. The maximum atomic E-state index is 4.02. The van der Waals surface area contributed by atoms with E-state index in [9.17, 15) is 0 Å².